The molecule has 0 aliphatic heterocycles. The minimum absolute atomic E-state index is 0. The molecule has 1 saturated carbocycles. The van der Waals surface area contributed by atoms with Crippen molar-refractivity contribution in [1.82, 2.24) is 15.3 Å². The van der Waals surface area contributed by atoms with Crippen LogP contribution in [0, 0.1) is 5.92 Å². The molecule has 0 aromatic carbocycles. The number of rotatable bonds is 3. The fraction of sp³-hybridized carbons (Fsp3) is 0.526. The van der Waals surface area contributed by atoms with Crippen molar-refractivity contribution in [3.8, 4) is 10.6 Å². The fourth-order valence-electron chi connectivity index (χ4n) is 3.80. The van der Waals surface area contributed by atoms with Crippen LogP contribution in [-0.2, 0) is 17.6 Å². The summed E-state index contributed by atoms with van der Waals surface area (Å²) in [5.74, 6) is 0.250. The molecule has 2 aromatic rings. The molecule has 0 saturated heterocycles. The van der Waals surface area contributed by atoms with Gasteiger partial charge < -0.3 is 11.1 Å². The molecule has 5 nitrogen and oxygen atoms in total. The van der Waals surface area contributed by atoms with Crippen LogP contribution in [-0.4, -0.2) is 28.0 Å². The minimum Gasteiger partial charge on any atom is -0.353 e. The summed E-state index contributed by atoms with van der Waals surface area (Å²) in [5.41, 5.74) is 8.16. The number of fused-ring (bicyclic) bond motifs is 1. The molecule has 0 radical (unpaired) electrons. The summed E-state index contributed by atoms with van der Waals surface area (Å²) in [4.78, 5) is 22.9. The van der Waals surface area contributed by atoms with Crippen LogP contribution in [0.4, 0.5) is 0 Å². The van der Waals surface area contributed by atoms with E-state index in [2.05, 4.69) is 10.3 Å². The van der Waals surface area contributed by atoms with Crippen LogP contribution in [0.2, 0.25) is 0 Å². The number of aryl methyl sites for hydroxylation is 1. The van der Waals surface area contributed by atoms with Crippen molar-refractivity contribution >= 4 is 29.7 Å². The lowest BCUT2D eigenvalue weighted by Gasteiger charge is -2.29. The van der Waals surface area contributed by atoms with Crippen molar-refractivity contribution in [2.75, 3.05) is 0 Å². The highest BCUT2D eigenvalue weighted by molar-refractivity contribution is 7.15. The molecular formula is C19H25ClN4OS. The average Bonchev–Trinajstić information content (AvgIpc) is 3.07. The third-order valence-electron chi connectivity index (χ3n) is 5.35. The maximum Gasteiger partial charge on any atom is 0.223 e. The molecule has 4 rings (SSSR count). The molecule has 1 amide bonds. The zero-order valence-electron chi connectivity index (χ0n) is 14.7. The van der Waals surface area contributed by atoms with Gasteiger partial charge in [-0.25, -0.2) is 4.98 Å². The number of nitrogens with zero attached hydrogens (tertiary/aromatic N) is 2. The first kappa shape index (κ1) is 19.3. The summed E-state index contributed by atoms with van der Waals surface area (Å²) in [6.07, 6.45) is 10.3. The lowest BCUT2D eigenvalue weighted by molar-refractivity contribution is -0.126. The Hall–Kier alpha value is -1.50. The highest BCUT2D eigenvalue weighted by atomic mass is 35.5. The lowest BCUT2D eigenvalue weighted by Crippen LogP contribution is -2.44. The number of nitrogens with one attached hydrogen (secondary N) is 1. The first-order valence-electron chi connectivity index (χ1n) is 9.14. The van der Waals surface area contributed by atoms with E-state index in [0.29, 0.717) is 12.1 Å². The highest BCUT2D eigenvalue weighted by Gasteiger charge is 2.29. The quantitative estimate of drug-likeness (QED) is 0.840. The molecule has 2 aromatic heterocycles. The maximum atomic E-state index is 12.7. The summed E-state index contributed by atoms with van der Waals surface area (Å²) in [5, 5.41) is 4.29. The minimum atomic E-state index is 0. The second-order valence-corrected chi connectivity index (χ2v) is 8.27. The predicted octanol–water partition coefficient (Wildman–Crippen LogP) is 3.12. The summed E-state index contributed by atoms with van der Waals surface area (Å²) >= 11 is 1.75. The van der Waals surface area contributed by atoms with E-state index in [1.807, 2.05) is 12.1 Å². The molecule has 0 bridgehead atoms. The van der Waals surface area contributed by atoms with Crippen LogP contribution in [0.5, 0.6) is 0 Å². The van der Waals surface area contributed by atoms with Crippen LogP contribution < -0.4 is 11.1 Å². The van der Waals surface area contributed by atoms with Gasteiger partial charge in [0.1, 0.15) is 5.01 Å². The molecule has 0 spiro atoms. The molecule has 140 valence electrons. The van der Waals surface area contributed by atoms with Gasteiger partial charge in [0, 0.05) is 47.3 Å². The molecular weight excluding hydrogens is 368 g/mol. The number of carbonyl (C=O) groups is 1. The smallest absolute Gasteiger partial charge is 0.223 e. The van der Waals surface area contributed by atoms with Crippen LogP contribution in [0.1, 0.15) is 42.7 Å². The molecule has 26 heavy (non-hydrogen) atoms. The number of hydrogen-bond donors (Lipinski definition) is 2. The van der Waals surface area contributed by atoms with E-state index in [4.69, 9.17) is 10.7 Å². The van der Waals surface area contributed by atoms with E-state index in [0.717, 1.165) is 61.2 Å². The Balaban J connectivity index is 0.00000196. The number of aromatic nitrogens is 2. The van der Waals surface area contributed by atoms with Crippen molar-refractivity contribution in [1.29, 1.82) is 0 Å². The van der Waals surface area contributed by atoms with Crippen molar-refractivity contribution in [3.05, 3.63) is 35.1 Å². The van der Waals surface area contributed by atoms with E-state index >= 15 is 0 Å². The number of thiazole rings is 1. The van der Waals surface area contributed by atoms with Gasteiger partial charge in [0.2, 0.25) is 5.91 Å². The summed E-state index contributed by atoms with van der Waals surface area (Å²) in [7, 11) is 0. The Morgan fingerprint density at radius 1 is 1.15 bits per heavy atom. The van der Waals surface area contributed by atoms with Crippen LogP contribution in [0.25, 0.3) is 10.6 Å². The lowest BCUT2D eigenvalue weighted by atomic mass is 9.88. The zero-order chi connectivity index (χ0) is 17.2. The van der Waals surface area contributed by atoms with Crippen molar-refractivity contribution in [3.63, 3.8) is 0 Å². The largest absolute Gasteiger partial charge is 0.353 e. The Morgan fingerprint density at radius 2 is 1.88 bits per heavy atom. The first-order valence-corrected chi connectivity index (χ1v) is 9.95. The molecule has 2 heterocycles. The number of nitrogens with two attached hydrogens (primary N) is 1. The van der Waals surface area contributed by atoms with Crippen molar-refractivity contribution < 1.29 is 4.79 Å². The molecule has 7 heteroatoms. The monoisotopic (exact) mass is 392 g/mol. The third-order valence-corrected chi connectivity index (χ3v) is 6.56. The molecule has 1 fully saturated rings. The van der Waals surface area contributed by atoms with Crippen LogP contribution >= 0.6 is 23.7 Å². The molecule has 2 aliphatic rings. The van der Waals surface area contributed by atoms with Gasteiger partial charge in [-0.2, -0.15) is 0 Å². The fourth-order valence-corrected chi connectivity index (χ4v) is 4.91. The summed E-state index contributed by atoms with van der Waals surface area (Å²) < 4.78 is 0. The first-order chi connectivity index (χ1) is 12.2. The zero-order valence-corrected chi connectivity index (χ0v) is 16.3. The molecule has 1 atom stereocenters. The van der Waals surface area contributed by atoms with Gasteiger partial charge in [-0.3, -0.25) is 9.78 Å². The highest BCUT2D eigenvalue weighted by Crippen LogP contribution is 2.34. The Kier molecular flexibility index (Phi) is 6.27. The van der Waals surface area contributed by atoms with Crippen LogP contribution in [0.15, 0.2) is 24.5 Å². The van der Waals surface area contributed by atoms with Gasteiger partial charge in [-0.05, 0) is 50.7 Å². The predicted molar refractivity (Wildman–Crippen MR) is 106 cm³/mol. The van der Waals surface area contributed by atoms with Gasteiger partial charge in [-0.15, -0.1) is 23.7 Å². The van der Waals surface area contributed by atoms with Gasteiger partial charge in [0.15, 0.2) is 0 Å². The van der Waals surface area contributed by atoms with E-state index in [1.54, 1.807) is 23.7 Å². The van der Waals surface area contributed by atoms with Gasteiger partial charge in [0.05, 0.1) is 5.69 Å². The maximum absolute atomic E-state index is 12.7. The van der Waals surface area contributed by atoms with Crippen molar-refractivity contribution in [2.24, 2.45) is 11.7 Å². The standard InChI is InChI=1S/C19H24N4OS.ClH/c20-14-2-4-15(5-3-14)22-18(24)13-1-6-17-16(11-13)23-19(25-17)12-7-9-21-10-8-12;/h7-10,13-15H,1-6,11,20H2,(H,22,24);1H. The average molecular weight is 393 g/mol. The van der Waals surface area contributed by atoms with Gasteiger partial charge >= 0.3 is 0 Å². The summed E-state index contributed by atoms with van der Waals surface area (Å²) in [6, 6.07) is 4.59. The number of hydrogen-bond acceptors (Lipinski definition) is 5. The van der Waals surface area contributed by atoms with E-state index in [-0.39, 0.29) is 24.2 Å². The summed E-state index contributed by atoms with van der Waals surface area (Å²) in [6.45, 7) is 0. The number of pyridine rings is 1. The second-order valence-electron chi connectivity index (χ2n) is 7.18. The third kappa shape index (κ3) is 4.24. The molecule has 1 unspecified atom stereocenters. The topological polar surface area (TPSA) is 80.9 Å². The number of amides is 1. The Labute approximate surface area is 164 Å². The Bertz CT molecular complexity index is 743. The molecule has 3 N–H and O–H groups in total. The molecule has 2 aliphatic carbocycles. The van der Waals surface area contributed by atoms with Gasteiger partial charge in [-0.1, -0.05) is 0 Å². The van der Waals surface area contributed by atoms with Gasteiger partial charge in [0.25, 0.3) is 0 Å². The Morgan fingerprint density at radius 3 is 2.62 bits per heavy atom. The van der Waals surface area contributed by atoms with Crippen molar-refractivity contribution in [2.45, 2.75) is 57.0 Å². The van der Waals surface area contributed by atoms with E-state index < -0.39 is 0 Å². The SMILES string of the molecule is Cl.NC1CCC(NC(=O)C2CCc3sc(-c4ccncc4)nc3C2)CC1. The normalized spacial score (nSPS) is 25.0. The van der Waals surface area contributed by atoms with E-state index in [1.165, 1.54) is 4.88 Å². The van der Waals surface area contributed by atoms with Crippen LogP contribution in [0.3, 0.4) is 0 Å². The number of halogens is 1. The second kappa shape index (κ2) is 8.46. The van der Waals surface area contributed by atoms with E-state index in [9.17, 15) is 4.79 Å². The number of carbonyl (C=O) groups excluding carboxylic acids is 1.